The molecule has 0 fully saturated rings. The number of ether oxygens (including phenoxy) is 1. The van der Waals surface area contributed by atoms with Gasteiger partial charge in [-0.05, 0) is 6.42 Å². The summed E-state index contributed by atoms with van der Waals surface area (Å²) in [6, 6.07) is -0.0625. The van der Waals surface area contributed by atoms with Crippen LogP contribution in [0, 0.1) is 5.92 Å². The molecule has 0 aliphatic carbocycles. The van der Waals surface area contributed by atoms with E-state index in [1.54, 1.807) is 6.92 Å². The van der Waals surface area contributed by atoms with E-state index in [-0.39, 0.29) is 17.9 Å². The molecule has 11 heavy (non-hydrogen) atoms. The molecule has 0 aliphatic heterocycles. The van der Waals surface area contributed by atoms with Crippen LogP contribution in [0.25, 0.3) is 0 Å². The molecule has 0 spiro atoms. The topological polar surface area (TPSA) is 52.3 Å². The van der Waals surface area contributed by atoms with E-state index in [4.69, 9.17) is 5.73 Å². The molecule has 0 bridgehead atoms. The second-order valence-electron chi connectivity index (χ2n) is 2.76. The molecule has 0 aromatic carbocycles. The van der Waals surface area contributed by atoms with Crippen molar-refractivity contribution in [1.29, 1.82) is 0 Å². The highest BCUT2D eigenvalue weighted by Crippen LogP contribution is 2.07. The Kier molecular flexibility index (Phi) is 4.86. The number of methoxy groups -OCH3 is 1. The van der Waals surface area contributed by atoms with Crippen LogP contribution in [0.2, 0.25) is 0 Å². The minimum Gasteiger partial charge on any atom is -0.469 e. The van der Waals surface area contributed by atoms with Crippen molar-refractivity contribution in [2.24, 2.45) is 11.7 Å². The lowest BCUT2D eigenvalue weighted by Crippen LogP contribution is -2.34. The molecule has 0 amide bonds. The van der Waals surface area contributed by atoms with Crippen LogP contribution in [-0.4, -0.2) is 19.1 Å². The van der Waals surface area contributed by atoms with Crippen molar-refractivity contribution in [1.82, 2.24) is 0 Å². The molecule has 0 aliphatic rings. The molecular weight excluding hydrogens is 142 g/mol. The average Bonchev–Trinajstić information content (AvgIpc) is 2.02. The first kappa shape index (κ1) is 10.4. The molecule has 0 saturated heterocycles. The predicted molar refractivity (Wildman–Crippen MR) is 44.1 cm³/mol. The fourth-order valence-electron chi connectivity index (χ4n) is 0.944. The van der Waals surface area contributed by atoms with Crippen LogP contribution in [0.15, 0.2) is 0 Å². The van der Waals surface area contributed by atoms with Crippen molar-refractivity contribution >= 4 is 5.97 Å². The van der Waals surface area contributed by atoms with Gasteiger partial charge in [0, 0.05) is 6.04 Å². The van der Waals surface area contributed by atoms with Gasteiger partial charge in [0.2, 0.25) is 0 Å². The van der Waals surface area contributed by atoms with Gasteiger partial charge in [-0.2, -0.15) is 0 Å². The fourth-order valence-corrected chi connectivity index (χ4v) is 0.944. The third kappa shape index (κ3) is 3.37. The van der Waals surface area contributed by atoms with E-state index in [2.05, 4.69) is 4.74 Å². The molecule has 0 rings (SSSR count). The zero-order chi connectivity index (χ0) is 8.85. The number of rotatable bonds is 4. The van der Waals surface area contributed by atoms with Crippen molar-refractivity contribution in [2.75, 3.05) is 7.11 Å². The highest BCUT2D eigenvalue weighted by Gasteiger charge is 2.19. The SMILES string of the molecule is CCCC(N)C(C)C(=O)OC. The first-order valence-corrected chi connectivity index (χ1v) is 3.96. The largest absolute Gasteiger partial charge is 0.469 e. The maximum absolute atomic E-state index is 10.9. The molecule has 0 heterocycles. The van der Waals surface area contributed by atoms with E-state index in [0.717, 1.165) is 12.8 Å². The summed E-state index contributed by atoms with van der Waals surface area (Å²) < 4.78 is 4.56. The zero-order valence-corrected chi connectivity index (χ0v) is 7.46. The van der Waals surface area contributed by atoms with E-state index in [1.165, 1.54) is 7.11 Å². The van der Waals surface area contributed by atoms with Crippen LogP contribution in [0.3, 0.4) is 0 Å². The number of nitrogens with two attached hydrogens (primary N) is 1. The molecule has 2 N–H and O–H groups in total. The van der Waals surface area contributed by atoms with E-state index >= 15 is 0 Å². The van der Waals surface area contributed by atoms with E-state index in [0.29, 0.717) is 0 Å². The lowest BCUT2D eigenvalue weighted by atomic mass is 9.99. The Morgan fingerprint density at radius 2 is 2.18 bits per heavy atom. The summed E-state index contributed by atoms with van der Waals surface area (Å²) in [6.07, 6.45) is 1.87. The number of carbonyl (C=O) groups excluding carboxylic acids is 1. The van der Waals surface area contributed by atoms with Crippen LogP contribution >= 0.6 is 0 Å². The highest BCUT2D eigenvalue weighted by molar-refractivity contribution is 5.72. The molecule has 3 heteroatoms. The van der Waals surface area contributed by atoms with E-state index in [1.807, 2.05) is 6.92 Å². The maximum atomic E-state index is 10.9. The highest BCUT2D eigenvalue weighted by atomic mass is 16.5. The first-order valence-electron chi connectivity index (χ1n) is 3.96. The molecular formula is C8H17NO2. The quantitative estimate of drug-likeness (QED) is 0.621. The molecule has 0 radical (unpaired) electrons. The van der Waals surface area contributed by atoms with Crippen molar-refractivity contribution in [3.05, 3.63) is 0 Å². The van der Waals surface area contributed by atoms with Crippen LogP contribution in [0.1, 0.15) is 26.7 Å². The van der Waals surface area contributed by atoms with Gasteiger partial charge in [-0.3, -0.25) is 4.79 Å². The molecule has 3 nitrogen and oxygen atoms in total. The monoisotopic (exact) mass is 159 g/mol. The lowest BCUT2D eigenvalue weighted by molar-refractivity contribution is -0.145. The third-order valence-electron chi connectivity index (χ3n) is 1.84. The minimum atomic E-state index is -0.217. The fraction of sp³-hybridized carbons (Fsp3) is 0.875. The van der Waals surface area contributed by atoms with Gasteiger partial charge >= 0.3 is 5.97 Å². The van der Waals surface area contributed by atoms with Crippen molar-refractivity contribution in [2.45, 2.75) is 32.7 Å². The second kappa shape index (κ2) is 5.13. The summed E-state index contributed by atoms with van der Waals surface area (Å²) in [7, 11) is 1.39. The molecule has 0 aromatic heterocycles. The smallest absolute Gasteiger partial charge is 0.309 e. The summed E-state index contributed by atoms with van der Waals surface area (Å²) >= 11 is 0. The lowest BCUT2D eigenvalue weighted by Gasteiger charge is -2.16. The number of hydrogen-bond donors (Lipinski definition) is 1. The third-order valence-corrected chi connectivity index (χ3v) is 1.84. The minimum absolute atomic E-state index is 0.0625. The Morgan fingerprint density at radius 1 is 1.64 bits per heavy atom. The Labute approximate surface area is 67.9 Å². The summed E-state index contributed by atoms with van der Waals surface area (Å²) in [4.78, 5) is 10.9. The molecule has 2 atom stereocenters. The van der Waals surface area contributed by atoms with Gasteiger partial charge in [-0.25, -0.2) is 0 Å². The predicted octanol–water partition coefficient (Wildman–Crippen LogP) is 0.923. The van der Waals surface area contributed by atoms with Crippen LogP contribution in [0.4, 0.5) is 0 Å². The zero-order valence-electron chi connectivity index (χ0n) is 7.46. The Balaban J connectivity index is 3.80. The van der Waals surface area contributed by atoms with Gasteiger partial charge in [0.1, 0.15) is 0 Å². The number of esters is 1. The van der Waals surface area contributed by atoms with Crippen molar-refractivity contribution < 1.29 is 9.53 Å². The standard InChI is InChI=1S/C8H17NO2/c1-4-5-7(9)6(2)8(10)11-3/h6-7H,4-5,9H2,1-3H3. The van der Waals surface area contributed by atoms with Gasteiger partial charge in [0.25, 0.3) is 0 Å². The molecule has 0 aromatic rings. The van der Waals surface area contributed by atoms with Crippen molar-refractivity contribution in [3.63, 3.8) is 0 Å². The summed E-state index contributed by atoms with van der Waals surface area (Å²) in [5, 5.41) is 0. The van der Waals surface area contributed by atoms with Gasteiger partial charge in [-0.1, -0.05) is 20.3 Å². The second-order valence-corrected chi connectivity index (χ2v) is 2.76. The molecule has 66 valence electrons. The van der Waals surface area contributed by atoms with Gasteiger partial charge < -0.3 is 10.5 Å². The number of carbonyl (C=O) groups is 1. The summed E-state index contributed by atoms with van der Waals surface area (Å²) in [6.45, 7) is 3.84. The van der Waals surface area contributed by atoms with Gasteiger partial charge in [0.05, 0.1) is 13.0 Å². The van der Waals surface area contributed by atoms with Gasteiger partial charge in [-0.15, -0.1) is 0 Å². The molecule has 2 unspecified atom stereocenters. The van der Waals surface area contributed by atoms with Crippen LogP contribution in [-0.2, 0) is 9.53 Å². The number of hydrogen-bond acceptors (Lipinski definition) is 3. The Morgan fingerprint density at radius 3 is 2.55 bits per heavy atom. The normalized spacial score (nSPS) is 15.6. The summed E-state index contributed by atoms with van der Waals surface area (Å²) in [5.74, 6) is -0.397. The molecule has 0 saturated carbocycles. The maximum Gasteiger partial charge on any atom is 0.309 e. The van der Waals surface area contributed by atoms with Crippen molar-refractivity contribution in [3.8, 4) is 0 Å². The van der Waals surface area contributed by atoms with Crippen LogP contribution in [0.5, 0.6) is 0 Å². The first-order chi connectivity index (χ1) is 5.13. The van der Waals surface area contributed by atoms with E-state index in [9.17, 15) is 4.79 Å². The summed E-state index contributed by atoms with van der Waals surface area (Å²) in [5.41, 5.74) is 5.70. The van der Waals surface area contributed by atoms with E-state index < -0.39 is 0 Å². The Bertz CT molecular complexity index is 125. The Hall–Kier alpha value is -0.570. The van der Waals surface area contributed by atoms with Crippen LogP contribution < -0.4 is 5.73 Å². The van der Waals surface area contributed by atoms with Gasteiger partial charge in [0.15, 0.2) is 0 Å². The average molecular weight is 159 g/mol.